The van der Waals surface area contributed by atoms with Crippen LogP contribution in [0.5, 0.6) is 0 Å². The number of nitrogens with two attached hydrogens (primary N) is 1. The normalized spacial score (nSPS) is 8.18. The molecule has 7 heteroatoms. The number of carbonyl (C=O) groups excluding carboxylic acids is 1. The van der Waals surface area contributed by atoms with Gasteiger partial charge < -0.3 is 7.16 Å². The molecule has 0 aromatic rings. The smallest absolute Gasteiger partial charge is 1.00 e. The Kier molecular flexibility index (Phi) is 27.5. The molecule has 0 aromatic carbocycles. The fraction of sp³-hybridized carbons (Fsp3) is 0.500. The Morgan fingerprint density at radius 2 is 1.65 bits per heavy atom. The van der Waals surface area contributed by atoms with Gasteiger partial charge in [0.25, 0.3) is 10.1 Å². The van der Waals surface area contributed by atoms with E-state index in [0.29, 0.717) is 0 Å². The van der Waals surface area contributed by atoms with E-state index in [4.69, 9.17) is 4.55 Å². The van der Waals surface area contributed by atoms with Crippen LogP contribution in [0.25, 0.3) is 0 Å². The average Bonchev–Trinajstić information content (AvgIpc) is 2.17. The van der Waals surface area contributed by atoms with Gasteiger partial charge in [-0.3, -0.25) is 9.35 Å². The summed E-state index contributed by atoms with van der Waals surface area (Å²) in [5.41, 5.74) is 4.53. The maximum absolute atomic E-state index is 9.72. The van der Waals surface area contributed by atoms with Crippen molar-refractivity contribution in [2.45, 2.75) is 26.7 Å². The quantitative estimate of drug-likeness (QED) is 0.286. The second-order valence-corrected chi connectivity index (χ2v) is 4.14. The zero-order valence-corrected chi connectivity index (χ0v) is 13.7. The number of unbranched alkanes of at least 4 members (excludes halogenated alkanes) is 1. The molecule has 17 heavy (non-hydrogen) atoms. The molecule has 3 N–H and O–H groups in total. The van der Waals surface area contributed by atoms with Crippen LogP contribution in [0, 0.1) is 0 Å². The van der Waals surface area contributed by atoms with Crippen LogP contribution in [0.15, 0.2) is 25.3 Å². The van der Waals surface area contributed by atoms with Gasteiger partial charge in [0.1, 0.15) is 0 Å². The molecule has 0 saturated carbocycles. The minimum Gasteiger partial charge on any atom is -1.00 e. The van der Waals surface area contributed by atoms with Gasteiger partial charge in [-0.25, -0.2) is 0 Å². The molecule has 0 saturated heterocycles. The molecular formula is C10H22NNaO4S. The van der Waals surface area contributed by atoms with E-state index >= 15 is 0 Å². The molecule has 0 atom stereocenters. The van der Waals surface area contributed by atoms with Crippen molar-refractivity contribution in [1.29, 1.82) is 0 Å². The van der Waals surface area contributed by atoms with Crippen LogP contribution in [0.1, 0.15) is 28.1 Å². The summed E-state index contributed by atoms with van der Waals surface area (Å²) >= 11 is 0. The fourth-order valence-electron chi connectivity index (χ4n) is 0.149. The Bertz CT molecular complexity index is 292. The monoisotopic (exact) mass is 275 g/mol. The molecule has 0 spiro atoms. The summed E-state index contributed by atoms with van der Waals surface area (Å²) in [6, 6.07) is 0. The second-order valence-electron chi connectivity index (χ2n) is 2.64. The SMILES string of the molecule is C=CC(N)=O.C=CCS(=O)(=O)O.CCCC.[H-].[Na+]. The fourth-order valence-corrected chi connectivity index (χ4v) is 0.447. The summed E-state index contributed by atoms with van der Waals surface area (Å²) in [4.78, 5) is 9.47. The Labute approximate surface area is 128 Å². The van der Waals surface area contributed by atoms with Crippen molar-refractivity contribution in [3.05, 3.63) is 25.3 Å². The van der Waals surface area contributed by atoms with E-state index in [1.54, 1.807) is 0 Å². The number of primary amides is 1. The summed E-state index contributed by atoms with van der Waals surface area (Å²) in [7, 11) is -3.79. The van der Waals surface area contributed by atoms with E-state index in [1.165, 1.54) is 12.8 Å². The Morgan fingerprint density at radius 3 is 1.65 bits per heavy atom. The Morgan fingerprint density at radius 1 is 1.35 bits per heavy atom. The Balaban J connectivity index is -0.0000000463. The third kappa shape index (κ3) is 64.7. The van der Waals surface area contributed by atoms with Crippen LogP contribution >= 0.6 is 0 Å². The van der Waals surface area contributed by atoms with Crippen LogP contribution < -0.4 is 35.3 Å². The molecule has 0 fully saturated rings. The third-order valence-electron chi connectivity index (χ3n) is 1.03. The predicted molar refractivity (Wildman–Crippen MR) is 67.7 cm³/mol. The number of hydrogen-bond donors (Lipinski definition) is 2. The maximum Gasteiger partial charge on any atom is 1.00 e. The van der Waals surface area contributed by atoms with Gasteiger partial charge in [0.05, 0.1) is 5.75 Å². The molecule has 5 nitrogen and oxygen atoms in total. The topological polar surface area (TPSA) is 97.5 Å². The predicted octanol–water partition coefficient (Wildman–Crippen LogP) is -1.36. The summed E-state index contributed by atoms with van der Waals surface area (Å²) in [5, 5.41) is 0. The largest absolute Gasteiger partial charge is 1.00 e. The van der Waals surface area contributed by atoms with Gasteiger partial charge in [-0.2, -0.15) is 8.42 Å². The molecule has 0 aliphatic carbocycles. The minimum absolute atomic E-state index is 0. The van der Waals surface area contributed by atoms with E-state index in [9.17, 15) is 13.2 Å². The first-order valence-corrected chi connectivity index (χ1v) is 6.33. The third-order valence-corrected chi connectivity index (χ3v) is 1.69. The summed E-state index contributed by atoms with van der Waals surface area (Å²) in [6.45, 7) is 10.6. The zero-order chi connectivity index (χ0) is 13.6. The van der Waals surface area contributed by atoms with Crippen molar-refractivity contribution in [1.82, 2.24) is 0 Å². The molecule has 1 amide bonds. The number of amides is 1. The molecule has 0 aromatic heterocycles. The van der Waals surface area contributed by atoms with E-state index in [-0.39, 0.29) is 36.7 Å². The van der Waals surface area contributed by atoms with Crippen molar-refractivity contribution in [2.24, 2.45) is 5.73 Å². The van der Waals surface area contributed by atoms with Crippen LogP contribution in [0.4, 0.5) is 0 Å². The van der Waals surface area contributed by atoms with E-state index < -0.39 is 16.0 Å². The molecule has 0 heterocycles. The molecular weight excluding hydrogens is 253 g/mol. The van der Waals surface area contributed by atoms with E-state index in [2.05, 4.69) is 32.7 Å². The van der Waals surface area contributed by atoms with Crippen LogP contribution in [0.2, 0.25) is 0 Å². The second kappa shape index (κ2) is 18.2. The molecule has 0 aliphatic heterocycles. The molecule has 98 valence electrons. The van der Waals surface area contributed by atoms with Crippen LogP contribution in [0.3, 0.4) is 0 Å². The Hall–Kier alpha value is -0.140. The summed E-state index contributed by atoms with van der Waals surface area (Å²) in [6.07, 6.45) is 4.81. The minimum atomic E-state index is -3.79. The number of carbonyl (C=O) groups is 1. The van der Waals surface area contributed by atoms with Gasteiger partial charge in [-0.1, -0.05) is 39.3 Å². The first-order chi connectivity index (χ1) is 7.24. The van der Waals surface area contributed by atoms with Crippen molar-refractivity contribution in [3.8, 4) is 0 Å². The summed E-state index contributed by atoms with van der Waals surface area (Å²) in [5.74, 6) is -0.850. The first-order valence-electron chi connectivity index (χ1n) is 4.73. The molecule has 0 rings (SSSR count). The van der Waals surface area contributed by atoms with Gasteiger partial charge in [-0.05, 0) is 6.08 Å². The van der Waals surface area contributed by atoms with Gasteiger partial charge in [0.2, 0.25) is 5.91 Å². The number of rotatable bonds is 4. The maximum atomic E-state index is 9.72. The van der Waals surface area contributed by atoms with Crippen molar-refractivity contribution in [2.75, 3.05) is 5.75 Å². The van der Waals surface area contributed by atoms with E-state index in [0.717, 1.165) is 12.2 Å². The molecule has 0 unspecified atom stereocenters. The molecule has 0 aliphatic rings. The van der Waals surface area contributed by atoms with Gasteiger partial charge in [-0.15, -0.1) is 6.58 Å². The van der Waals surface area contributed by atoms with Crippen LogP contribution in [-0.4, -0.2) is 24.6 Å². The standard InChI is InChI=1S/C4H10.C3H5NO.C3H6O3S.Na.H/c1-3-4-2;1-2-3(4)5;1-2-3-7(4,5)6;;/h3-4H2,1-2H3;2H,1H2,(H2,4,5);2H,1,3H2,(H,4,5,6);;/q;;;+1;-1. The molecule has 0 bridgehead atoms. The molecule has 0 radical (unpaired) electrons. The average molecular weight is 275 g/mol. The van der Waals surface area contributed by atoms with Crippen molar-refractivity contribution >= 4 is 16.0 Å². The van der Waals surface area contributed by atoms with Gasteiger partial charge >= 0.3 is 29.6 Å². The number of hydrogen-bond acceptors (Lipinski definition) is 3. The van der Waals surface area contributed by atoms with Gasteiger partial charge in [0.15, 0.2) is 0 Å². The first kappa shape index (κ1) is 25.6. The zero-order valence-electron chi connectivity index (χ0n) is 11.8. The van der Waals surface area contributed by atoms with Crippen molar-refractivity contribution in [3.63, 3.8) is 0 Å². The van der Waals surface area contributed by atoms with Crippen molar-refractivity contribution < 1.29 is 48.7 Å². The van der Waals surface area contributed by atoms with E-state index in [1.807, 2.05) is 0 Å². The van der Waals surface area contributed by atoms with Gasteiger partial charge in [0, 0.05) is 0 Å². The van der Waals surface area contributed by atoms with Crippen LogP contribution in [-0.2, 0) is 14.9 Å². The summed E-state index contributed by atoms with van der Waals surface area (Å²) < 4.78 is 27.3.